The molecule has 0 aliphatic carbocycles. The lowest BCUT2D eigenvalue weighted by Crippen LogP contribution is -2.48. The summed E-state index contributed by atoms with van der Waals surface area (Å²) in [6, 6.07) is 11.7. The van der Waals surface area contributed by atoms with E-state index in [2.05, 4.69) is 33.0 Å². The second kappa shape index (κ2) is 9.30. The fourth-order valence-electron chi connectivity index (χ4n) is 3.42. The molecular formula is C21H25BrN2O4. The van der Waals surface area contributed by atoms with Crippen LogP contribution in [0.15, 0.2) is 40.9 Å². The molecule has 3 rings (SSSR count). The zero-order valence-corrected chi connectivity index (χ0v) is 18.0. The minimum atomic E-state index is -0.0571. The Hall–Kier alpha value is -2.25. The van der Waals surface area contributed by atoms with E-state index in [1.807, 2.05) is 17.0 Å². The van der Waals surface area contributed by atoms with Gasteiger partial charge in [0.25, 0.3) is 5.91 Å². The maximum absolute atomic E-state index is 13.1. The smallest absolute Gasteiger partial charge is 0.257 e. The van der Waals surface area contributed by atoms with Crippen LogP contribution in [0.25, 0.3) is 0 Å². The van der Waals surface area contributed by atoms with E-state index in [0.717, 1.165) is 24.1 Å². The first-order valence-electron chi connectivity index (χ1n) is 9.13. The van der Waals surface area contributed by atoms with Crippen LogP contribution in [0, 0.1) is 0 Å². The summed E-state index contributed by atoms with van der Waals surface area (Å²) >= 11 is 3.60. The Balaban J connectivity index is 1.69. The van der Waals surface area contributed by atoms with Crippen LogP contribution in [0.3, 0.4) is 0 Å². The molecule has 6 nitrogen and oxygen atoms in total. The molecule has 150 valence electrons. The fraction of sp³-hybridized carbons (Fsp3) is 0.381. The van der Waals surface area contributed by atoms with Gasteiger partial charge in [0.05, 0.1) is 26.9 Å². The Labute approximate surface area is 174 Å². The van der Waals surface area contributed by atoms with E-state index < -0.39 is 0 Å². The van der Waals surface area contributed by atoms with E-state index in [4.69, 9.17) is 14.2 Å². The highest BCUT2D eigenvalue weighted by molar-refractivity contribution is 9.10. The molecular weight excluding hydrogens is 424 g/mol. The Morgan fingerprint density at radius 3 is 2.21 bits per heavy atom. The van der Waals surface area contributed by atoms with E-state index >= 15 is 0 Å². The number of benzene rings is 2. The maximum atomic E-state index is 13.1. The summed E-state index contributed by atoms with van der Waals surface area (Å²) < 4.78 is 17.3. The first-order chi connectivity index (χ1) is 13.6. The van der Waals surface area contributed by atoms with Gasteiger partial charge in [-0.25, -0.2) is 0 Å². The Kier molecular flexibility index (Phi) is 6.80. The van der Waals surface area contributed by atoms with Gasteiger partial charge in [0.2, 0.25) is 5.75 Å². The molecule has 1 aliphatic rings. The Morgan fingerprint density at radius 2 is 1.61 bits per heavy atom. The molecule has 1 heterocycles. The third-order valence-electron chi connectivity index (χ3n) is 4.95. The highest BCUT2D eigenvalue weighted by atomic mass is 79.9. The number of hydrogen-bond donors (Lipinski definition) is 0. The molecule has 1 aliphatic heterocycles. The number of carbonyl (C=O) groups is 1. The number of hydrogen-bond acceptors (Lipinski definition) is 5. The Bertz CT molecular complexity index is 835. The van der Waals surface area contributed by atoms with Crippen molar-refractivity contribution in [2.75, 3.05) is 47.5 Å². The molecule has 0 saturated carbocycles. The minimum absolute atomic E-state index is 0.0571. The van der Waals surface area contributed by atoms with E-state index in [1.165, 1.54) is 19.8 Å². The standard InChI is InChI=1S/C21H25BrN2O4/c1-26-18-9-8-16(19(27-2)20(18)28-3)21(25)24-12-10-23(11-13-24)14-15-6-4-5-7-17(15)22/h4-9H,10-14H2,1-3H3. The molecule has 0 radical (unpaired) electrons. The predicted octanol–water partition coefficient (Wildman–Crippen LogP) is 3.43. The van der Waals surface area contributed by atoms with Gasteiger partial charge in [-0.15, -0.1) is 0 Å². The second-order valence-corrected chi connectivity index (χ2v) is 7.40. The van der Waals surface area contributed by atoms with E-state index in [9.17, 15) is 4.79 Å². The molecule has 0 unspecified atom stereocenters. The third kappa shape index (κ3) is 4.25. The van der Waals surface area contributed by atoms with Gasteiger partial charge in [0.15, 0.2) is 11.5 Å². The number of carbonyl (C=O) groups excluding carboxylic acids is 1. The van der Waals surface area contributed by atoms with Gasteiger partial charge >= 0.3 is 0 Å². The van der Waals surface area contributed by atoms with E-state index in [0.29, 0.717) is 35.9 Å². The van der Waals surface area contributed by atoms with Crippen molar-refractivity contribution in [2.24, 2.45) is 0 Å². The predicted molar refractivity (Wildman–Crippen MR) is 111 cm³/mol. The average Bonchev–Trinajstić information content (AvgIpc) is 2.74. The quantitative estimate of drug-likeness (QED) is 0.677. The SMILES string of the molecule is COc1ccc(C(=O)N2CCN(Cc3ccccc3Br)CC2)c(OC)c1OC. The first-order valence-corrected chi connectivity index (χ1v) is 9.92. The van der Waals surface area contributed by atoms with Crippen molar-refractivity contribution in [1.29, 1.82) is 0 Å². The van der Waals surface area contributed by atoms with Crippen molar-refractivity contribution in [3.63, 3.8) is 0 Å². The van der Waals surface area contributed by atoms with Crippen LogP contribution in [0.4, 0.5) is 0 Å². The number of amides is 1. The van der Waals surface area contributed by atoms with Gasteiger partial charge in [-0.1, -0.05) is 34.1 Å². The molecule has 0 bridgehead atoms. The van der Waals surface area contributed by atoms with Crippen LogP contribution in [-0.2, 0) is 6.54 Å². The molecule has 2 aromatic carbocycles. The largest absolute Gasteiger partial charge is 0.493 e. The number of methoxy groups -OCH3 is 3. The fourth-order valence-corrected chi connectivity index (χ4v) is 3.83. The van der Waals surface area contributed by atoms with Crippen molar-refractivity contribution in [2.45, 2.75) is 6.54 Å². The molecule has 28 heavy (non-hydrogen) atoms. The Morgan fingerprint density at radius 1 is 0.929 bits per heavy atom. The molecule has 1 amide bonds. The molecule has 2 aromatic rings. The van der Waals surface area contributed by atoms with Gasteiger partial charge < -0.3 is 19.1 Å². The second-order valence-electron chi connectivity index (χ2n) is 6.54. The average molecular weight is 449 g/mol. The highest BCUT2D eigenvalue weighted by Crippen LogP contribution is 2.40. The molecule has 0 N–H and O–H groups in total. The third-order valence-corrected chi connectivity index (χ3v) is 5.72. The van der Waals surface area contributed by atoms with Gasteiger partial charge in [-0.2, -0.15) is 0 Å². The molecule has 0 aromatic heterocycles. The normalized spacial score (nSPS) is 14.6. The molecule has 1 fully saturated rings. The zero-order valence-electron chi connectivity index (χ0n) is 16.4. The highest BCUT2D eigenvalue weighted by Gasteiger charge is 2.27. The van der Waals surface area contributed by atoms with Crippen LogP contribution < -0.4 is 14.2 Å². The number of nitrogens with zero attached hydrogens (tertiary/aromatic N) is 2. The minimum Gasteiger partial charge on any atom is -0.493 e. The summed E-state index contributed by atoms with van der Waals surface area (Å²) in [7, 11) is 4.63. The monoisotopic (exact) mass is 448 g/mol. The lowest BCUT2D eigenvalue weighted by molar-refractivity contribution is 0.0624. The number of ether oxygens (including phenoxy) is 3. The summed E-state index contributed by atoms with van der Waals surface area (Å²) in [5.74, 6) is 1.32. The lowest BCUT2D eigenvalue weighted by atomic mass is 10.1. The van der Waals surface area contributed by atoms with Crippen LogP contribution in [0.1, 0.15) is 15.9 Å². The molecule has 0 spiro atoms. The van der Waals surface area contributed by atoms with Crippen LogP contribution in [0.5, 0.6) is 17.2 Å². The van der Waals surface area contributed by atoms with Gasteiger partial charge in [0.1, 0.15) is 0 Å². The van der Waals surface area contributed by atoms with Crippen LogP contribution in [0.2, 0.25) is 0 Å². The summed E-state index contributed by atoms with van der Waals surface area (Å²) in [6.45, 7) is 3.84. The van der Waals surface area contributed by atoms with Gasteiger partial charge in [-0.3, -0.25) is 9.69 Å². The summed E-state index contributed by atoms with van der Waals surface area (Å²) in [5, 5.41) is 0. The van der Waals surface area contributed by atoms with Crippen molar-refractivity contribution in [3.05, 3.63) is 52.0 Å². The summed E-state index contributed by atoms with van der Waals surface area (Å²) in [4.78, 5) is 17.3. The van der Waals surface area contributed by atoms with Crippen molar-refractivity contribution >= 4 is 21.8 Å². The number of rotatable bonds is 6. The first kappa shape index (κ1) is 20.5. The molecule has 1 saturated heterocycles. The topological polar surface area (TPSA) is 51.2 Å². The van der Waals surface area contributed by atoms with Gasteiger partial charge in [0, 0.05) is 37.2 Å². The van der Waals surface area contributed by atoms with Crippen molar-refractivity contribution < 1.29 is 19.0 Å². The van der Waals surface area contributed by atoms with Crippen LogP contribution >= 0.6 is 15.9 Å². The molecule has 7 heteroatoms. The van der Waals surface area contributed by atoms with Gasteiger partial charge in [-0.05, 0) is 23.8 Å². The summed E-state index contributed by atoms with van der Waals surface area (Å²) in [6.07, 6.45) is 0. The summed E-state index contributed by atoms with van der Waals surface area (Å²) in [5.41, 5.74) is 1.74. The van der Waals surface area contributed by atoms with Crippen molar-refractivity contribution in [1.82, 2.24) is 9.80 Å². The van der Waals surface area contributed by atoms with Crippen molar-refractivity contribution in [3.8, 4) is 17.2 Å². The zero-order chi connectivity index (χ0) is 20.1. The maximum Gasteiger partial charge on any atom is 0.257 e. The van der Waals surface area contributed by atoms with E-state index in [1.54, 1.807) is 19.2 Å². The van der Waals surface area contributed by atoms with E-state index in [-0.39, 0.29) is 5.91 Å². The lowest BCUT2D eigenvalue weighted by Gasteiger charge is -2.35. The van der Waals surface area contributed by atoms with Crippen LogP contribution in [-0.4, -0.2) is 63.2 Å². The number of halogens is 1. The number of piperazine rings is 1. The molecule has 0 atom stereocenters.